The molecule has 2 N–H and O–H groups in total. The Balaban J connectivity index is 1.63. The number of nitrogens with one attached hydrogen (secondary N) is 2. The number of nitrogens with zero attached hydrogens (tertiary/aromatic N) is 1. The normalized spacial score (nSPS) is 10.1. The van der Waals surface area contributed by atoms with Crippen LogP contribution in [0.15, 0.2) is 79.1 Å². The lowest BCUT2D eigenvalue weighted by Gasteiger charge is -2.09. The van der Waals surface area contributed by atoms with Crippen LogP contribution in [-0.4, -0.2) is 11.0 Å². The minimum absolute atomic E-state index is 0.237. The van der Waals surface area contributed by atoms with Crippen LogP contribution in [0.2, 0.25) is 0 Å². The fraction of sp³-hybridized carbons (Fsp3) is 0.0526. The maximum atomic E-state index is 12.0. The molecule has 1 heterocycles. The van der Waals surface area contributed by atoms with Crippen LogP contribution in [-0.2, 0) is 6.54 Å². The van der Waals surface area contributed by atoms with Crippen molar-refractivity contribution in [2.24, 2.45) is 0 Å². The quantitative estimate of drug-likeness (QED) is 0.763. The molecule has 1 aromatic heterocycles. The van der Waals surface area contributed by atoms with Crippen molar-refractivity contribution in [3.63, 3.8) is 0 Å². The summed E-state index contributed by atoms with van der Waals surface area (Å²) in [7, 11) is 0. The van der Waals surface area contributed by atoms with Crippen molar-refractivity contribution in [2.45, 2.75) is 6.54 Å². The number of rotatable bonds is 4. The van der Waals surface area contributed by atoms with Gasteiger partial charge >= 0.3 is 6.03 Å². The second-order valence-corrected chi connectivity index (χ2v) is 5.12. The van der Waals surface area contributed by atoms with Gasteiger partial charge in [-0.25, -0.2) is 4.79 Å². The third kappa shape index (κ3) is 4.17. The highest BCUT2D eigenvalue weighted by Crippen LogP contribution is 2.22. The number of carbonyl (C=O) groups excluding carboxylic acids is 1. The lowest BCUT2D eigenvalue weighted by Crippen LogP contribution is -2.28. The van der Waals surface area contributed by atoms with Crippen LogP contribution < -0.4 is 10.6 Å². The molecule has 3 aromatic rings. The lowest BCUT2D eigenvalue weighted by molar-refractivity contribution is 0.251. The molecule has 0 saturated carbocycles. The van der Waals surface area contributed by atoms with Gasteiger partial charge in [-0.05, 0) is 34.9 Å². The van der Waals surface area contributed by atoms with Gasteiger partial charge in [-0.15, -0.1) is 0 Å². The average Bonchev–Trinajstić information content (AvgIpc) is 2.62. The van der Waals surface area contributed by atoms with Gasteiger partial charge in [0, 0.05) is 24.6 Å². The Hall–Kier alpha value is -3.14. The van der Waals surface area contributed by atoms with Gasteiger partial charge in [-0.2, -0.15) is 0 Å². The molecule has 0 atom stereocenters. The van der Waals surface area contributed by atoms with E-state index in [-0.39, 0.29) is 6.03 Å². The lowest BCUT2D eigenvalue weighted by atomic mass is 10.1. The molecule has 4 nitrogen and oxygen atoms in total. The first-order valence-corrected chi connectivity index (χ1v) is 7.40. The van der Waals surface area contributed by atoms with E-state index < -0.39 is 0 Å². The summed E-state index contributed by atoms with van der Waals surface area (Å²) in [6.45, 7) is 0.443. The molecule has 0 aliphatic carbocycles. The first-order chi connectivity index (χ1) is 11.3. The number of carbonyl (C=O) groups is 1. The predicted octanol–water partition coefficient (Wildman–Crippen LogP) is 4.07. The number of urea groups is 1. The average molecular weight is 303 g/mol. The standard InChI is InChI=1S/C19H17N3O/c23-19(21-14-15-6-5-11-20-13-15)22-18-10-4-9-17(12-18)16-7-2-1-3-8-16/h1-13H,14H2,(H2,21,22,23). The molecule has 0 radical (unpaired) electrons. The van der Waals surface area contributed by atoms with Gasteiger partial charge in [-0.1, -0.05) is 48.5 Å². The highest BCUT2D eigenvalue weighted by Gasteiger charge is 2.03. The second kappa shape index (κ2) is 7.22. The summed E-state index contributed by atoms with van der Waals surface area (Å²) >= 11 is 0. The van der Waals surface area contributed by atoms with Crippen molar-refractivity contribution < 1.29 is 4.79 Å². The molecule has 114 valence electrons. The van der Waals surface area contributed by atoms with E-state index in [9.17, 15) is 4.79 Å². The van der Waals surface area contributed by atoms with E-state index in [2.05, 4.69) is 15.6 Å². The smallest absolute Gasteiger partial charge is 0.319 e. The van der Waals surface area contributed by atoms with E-state index in [1.165, 1.54) is 0 Å². The molecule has 0 fully saturated rings. The zero-order chi connectivity index (χ0) is 15.9. The summed E-state index contributed by atoms with van der Waals surface area (Å²) in [6.07, 6.45) is 3.44. The number of aromatic nitrogens is 1. The number of amides is 2. The summed E-state index contributed by atoms with van der Waals surface area (Å²) in [5, 5.41) is 5.67. The van der Waals surface area contributed by atoms with Gasteiger partial charge in [0.2, 0.25) is 0 Å². The molecule has 0 bridgehead atoms. The van der Waals surface area contributed by atoms with Gasteiger partial charge < -0.3 is 10.6 Å². The van der Waals surface area contributed by atoms with Crippen molar-refractivity contribution in [1.29, 1.82) is 0 Å². The predicted molar refractivity (Wildman–Crippen MR) is 92.0 cm³/mol. The molecule has 0 spiro atoms. The highest BCUT2D eigenvalue weighted by atomic mass is 16.2. The van der Waals surface area contributed by atoms with E-state index in [1.807, 2.05) is 66.7 Å². The first kappa shape index (κ1) is 14.8. The maximum Gasteiger partial charge on any atom is 0.319 e. The zero-order valence-corrected chi connectivity index (χ0v) is 12.6. The van der Waals surface area contributed by atoms with Gasteiger partial charge in [0.1, 0.15) is 0 Å². The van der Waals surface area contributed by atoms with E-state index >= 15 is 0 Å². The van der Waals surface area contributed by atoms with Crippen molar-refractivity contribution in [2.75, 3.05) is 5.32 Å². The largest absolute Gasteiger partial charge is 0.334 e. The van der Waals surface area contributed by atoms with E-state index in [0.29, 0.717) is 6.54 Å². The number of pyridine rings is 1. The van der Waals surface area contributed by atoms with Crippen molar-refractivity contribution in [1.82, 2.24) is 10.3 Å². The molecule has 0 aliphatic rings. The molecule has 3 rings (SSSR count). The Morgan fingerprint density at radius 1 is 0.913 bits per heavy atom. The fourth-order valence-corrected chi connectivity index (χ4v) is 2.27. The Kier molecular flexibility index (Phi) is 4.64. The van der Waals surface area contributed by atoms with Crippen LogP contribution in [0.25, 0.3) is 11.1 Å². The highest BCUT2D eigenvalue weighted by molar-refractivity contribution is 5.90. The zero-order valence-electron chi connectivity index (χ0n) is 12.6. The number of hydrogen-bond acceptors (Lipinski definition) is 2. The number of anilines is 1. The van der Waals surface area contributed by atoms with Gasteiger partial charge in [0.15, 0.2) is 0 Å². The molecule has 0 unspecified atom stereocenters. The molecule has 4 heteroatoms. The SMILES string of the molecule is O=C(NCc1cccnc1)Nc1cccc(-c2ccccc2)c1. The van der Waals surface area contributed by atoms with E-state index in [4.69, 9.17) is 0 Å². The minimum atomic E-state index is -0.237. The van der Waals surface area contributed by atoms with Gasteiger partial charge in [0.05, 0.1) is 0 Å². The molecule has 0 aliphatic heterocycles. The Bertz CT molecular complexity index is 773. The molecule has 0 saturated heterocycles. The third-order valence-corrected chi connectivity index (χ3v) is 3.40. The monoisotopic (exact) mass is 303 g/mol. The van der Waals surface area contributed by atoms with Crippen LogP contribution in [0, 0.1) is 0 Å². The summed E-state index contributed by atoms with van der Waals surface area (Å²) < 4.78 is 0. The van der Waals surface area contributed by atoms with Crippen LogP contribution in [0.4, 0.5) is 10.5 Å². The van der Waals surface area contributed by atoms with Gasteiger partial charge in [-0.3, -0.25) is 4.98 Å². The topological polar surface area (TPSA) is 54.0 Å². The summed E-state index contributed by atoms with van der Waals surface area (Å²) in [5.74, 6) is 0. The molecule has 23 heavy (non-hydrogen) atoms. The van der Waals surface area contributed by atoms with Gasteiger partial charge in [0.25, 0.3) is 0 Å². The van der Waals surface area contributed by atoms with Crippen LogP contribution in [0.1, 0.15) is 5.56 Å². The molecular formula is C19H17N3O. The van der Waals surface area contributed by atoms with Crippen LogP contribution >= 0.6 is 0 Å². The van der Waals surface area contributed by atoms with Crippen molar-refractivity contribution >= 4 is 11.7 Å². The Labute approximate surface area is 135 Å². The Morgan fingerprint density at radius 2 is 1.74 bits per heavy atom. The van der Waals surface area contributed by atoms with Crippen LogP contribution in [0.3, 0.4) is 0 Å². The molecule has 2 amide bonds. The fourth-order valence-electron chi connectivity index (χ4n) is 2.27. The van der Waals surface area contributed by atoms with Crippen molar-refractivity contribution in [3.05, 3.63) is 84.7 Å². The summed E-state index contributed by atoms with van der Waals surface area (Å²) in [6, 6.07) is 21.4. The number of hydrogen-bond donors (Lipinski definition) is 2. The number of benzene rings is 2. The molecular weight excluding hydrogens is 286 g/mol. The Morgan fingerprint density at radius 3 is 2.52 bits per heavy atom. The first-order valence-electron chi connectivity index (χ1n) is 7.40. The second-order valence-electron chi connectivity index (χ2n) is 5.12. The summed E-state index contributed by atoms with van der Waals surface area (Å²) in [5.41, 5.74) is 3.90. The molecule has 2 aromatic carbocycles. The third-order valence-electron chi connectivity index (χ3n) is 3.40. The van der Waals surface area contributed by atoms with Crippen molar-refractivity contribution in [3.8, 4) is 11.1 Å². The summed E-state index contributed by atoms with van der Waals surface area (Å²) in [4.78, 5) is 16.0. The maximum absolute atomic E-state index is 12.0. The minimum Gasteiger partial charge on any atom is -0.334 e. The van der Waals surface area contributed by atoms with Crippen LogP contribution in [0.5, 0.6) is 0 Å². The van der Waals surface area contributed by atoms with E-state index in [1.54, 1.807) is 12.4 Å². The van der Waals surface area contributed by atoms with E-state index in [0.717, 1.165) is 22.4 Å².